The van der Waals surface area contributed by atoms with Crippen molar-refractivity contribution in [2.75, 3.05) is 32.8 Å². The summed E-state index contributed by atoms with van der Waals surface area (Å²) >= 11 is 0. The minimum Gasteiger partial charge on any atom is -0.370 e. The molecule has 1 N–H and O–H groups in total. The van der Waals surface area contributed by atoms with E-state index >= 15 is 0 Å². The maximum absolute atomic E-state index is 5.94. The first-order valence-corrected chi connectivity index (χ1v) is 9.52. The van der Waals surface area contributed by atoms with Crippen LogP contribution in [0.5, 0.6) is 0 Å². The van der Waals surface area contributed by atoms with Crippen LogP contribution in [0.25, 0.3) is 0 Å². The summed E-state index contributed by atoms with van der Waals surface area (Å²) in [5, 5.41) is 7.70. The number of hydrogen-bond donors (Lipinski definition) is 1. The van der Waals surface area contributed by atoms with Crippen LogP contribution in [-0.4, -0.2) is 53.4 Å². The maximum Gasteiger partial charge on any atom is 0.194 e. The van der Waals surface area contributed by atoms with E-state index in [1.54, 1.807) is 0 Å². The van der Waals surface area contributed by atoms with Crippen molar-refractivity contribution in [2.45, 2.75) is 53.1 Å². The van der Waals surface area contributed by atoms with E-state index in [2.05, 4.69) is 43.0 Å². The molecular weight excluding hydrogens is 314 g/mol. The molecule has 1 atom stereocenters. The lowest BCUT2D eigenvalue weighted by Crippen LogP contribution is -2.48. The molecule has 0 spiro atoms. The summed E-state index contributed by atoms with van der Waals surface area (Å²) in [4.78, 5) is 7.16. The van der Waals surface area contributed by atoms with Crippen LogP contribution < -0.4 is 5.32 Å². The molecule has 6 nitrogen and oxygen atoms in total. The van der Waals surface area contributed by atoms with E-state index in [0.717, 1.165) is 44.1 Å². The molecule has 1 saturated heterocycles. The van der Waals surface area contributed by atoms with Gasteiger partial charge in [-0.05, 0) is 25.2 Å². The first-order valence-electron chi connectivity index (χ1n) is 9.52. The highest BCUT2D eigenvalue weighted by molar-refractivity contribution is 5.80. The van der Waals surface area contributed by atoms with E-state index in [1.165, 1.54) is 12.8 Å². The number of morpholine rings is 1. The Hall–Kier alpha value is -1.56. The monoisotopic (exact) mass is 349 g/mol. The third kappa shape index (κ3) is 6.69. The molecular formula is C19H35N5O. The van der Waals surface area contributed by atoms with Crippen molar-refractivity contribution in [3.63, 3.8) is 0 Å². The topological polar surface area (TPSA) is 54.7 Å². The standard InChI is InChI=1S/C19H35N5O/c1-6-20-18(21-10-8-7-9-19(2,3)4)24-11-12-25-17(15-24)16-13-22-23(5)14-16/h13-14,17H,6-12,15H2,1-5H3,(H,20,21). The SMILES string of the molecule is CCNC(=NCCCCC(C)(C)C)N1CCOC(c2cnn(C)c2)C1. The second-order valence-electron chi connectivity index (χ2n) is 8.01. The molecule has 142 valence electrons. The predicted molar refractivity (Wildman–Crippen MR) is 103 cm³/mol. The summed E-state index contributed by atoms with van der Waals surface area (Å²) in [7, 11) is 1.94. The molecule has 1 aromatic heterocycles. The molecule has 6 heteroatoms. The molecule has 0 aromatic carbocycles. The van der Waals surface area contributed by atoms with Gasteiger partial charge in [-0.1, -0.05) is 27.2 Å². The van der Waals surface area contributed by atoms with Crippen molar-refractivity contribution in [1.29, 1.82) is 0 Å². The van der Waals surface area contributed by atoms with Gasteiger partial charge in [0.2, 0.25) is 0 Å². The third-order valence-corrected chi connectivity index (χ3v) is 4.39. The van der Waals surface area contributed by atoms with Gasteiger partial charge < -0.3 is 15.0 Å². The van der Waals surface area contributed by atoms with Crippen LogP contribution in [-0.2, 0) is 11.8 Å². The van der Waals surface area contributed by atoms with Crippen LogP contribution >= 0.6 is 0 Å². The number of hydrogen-bond acceptors (Lipinski definition) is 3. The van der Waals surface area contributed by atoms with E-state index < -0.39 is 0 Å². The Kier molecular flexibility index (Phi) is 7.29. The van der Waals surface area contributed by atoms with Gasteiger partial charge in [0, 0.05) is 38.4 Å². The molecule has 2 heterocycles. The fourth-order valence-electron chi connectivity index (χ4n) is 3.03. The van der Waals surface area contributed by atoms with Crippen molar-refractivity contribution in [3.8, 4) is 0 Å². The molecule has 1 aliphatic heterocycles. The van der Waals surface area contributed by atoms with Crippen LogP contribution in [0, 0.1) is 5.41 Å². The first-order chi connectivity index (χ1) is 11.9. The summed E-state index contributed by atoms with van der Waals surface area (Å²) in [6, 6.07) is 0. The van der Waals surface area contributed by atoms with Gasteiger partial charge in [0.25, 0.3) is 0 Å². The average molecular weight is 350 g/mol. The number of aromatic nitrogens is 2. The number of ether oxygens (including phenoxy) is 1. The van der Waals surface area contributed by atoms with Crippen molar-refractivity contribution in [1.82, 2.24) is 20.0 Å². The summed E-state index contributed by atoms with van der Waals surface area (Å²) in [6.07, 6.45) is 7.61. The van der Waals surface area contributed by atoms with E-state index in [1.807, 2.05) is 24.1 Å². The van der Waals surface area contributed by atoms with Gasteiger partial charge in [-0.25, -0.2) is 0 Å². The molecule has 1 unspecified atom stereocenters. The van der Waals surface area contributed by atoms with Crippen LogP contribution in [0.1, 0.15) is 58.6 Å². The highest BCUT2D eigenvalue weighted by Gasteiger charge is 2.25. The number of aryl methyl sites for hydroxylation is 1. The Balaban J connectivity index is 1.90. The van der Waals surface area contributed by atoms with E-state index in [9.17, 15) is 0 Å². The van der Waals surface area contributed by atoms with E-state index in [0.29, 0.717) is 12.0 Å². The normalized spacial score (nSPS) is 19.3. The minimum atomic E-state index is 0.0622. The number of nitrogens with one attached hydrogen (secondary N) is 1. The lowest BCUT2D eigenvalue weighted by atomic mass is 9.90. The second kappa shape index (κ2) is 9.22. The Morgan fingerprint density at radius 1 is 1.40 bits per heavy atom. The molecule has 0 radical (unpaired) electrons. The average Bonchev–Trinajstić information content (AvgIpc) is 2.99. The Morgan fingerprint density at radius 3 is 2.84 bits per heavy atom. The Morgan fingerprint density at radius 2 is 2.20 bits per heavy atom. The zero-order valence-corrected chi connectivity index (χ0v) is 16.6. The van der Waals surface area contributed by atoms with Crippen molar-refractivity contribution in [2.24, 2.45) is 17.5 Å². The van der Waals surface area contributed by atoms with Crippen LogP contribution in [0.3, 0.4) is 0 Å². The lowest BCUT2D eigenvalue weighted by molar-refractivity contribution is -0.00804. The first kappa shape index (κ1) is 19.8. The van der Waals surface area contributed by atoms with Crippen LogP contribution in [0.2, 0.25) is 0 Å². The summed E-state index contributed by atoms with van der Waals surface area (Å²) in [6.45, 7) is 13.2. The van der Waals surface area contributed by atoms with Gasteiger partial charge in [-0.15, -0.1) is 0 Å². The third-order valence-electron chi connectivity index (χ3n) is 4.39. The van der Waals surface area contributed by atoms with Crippen molar-refractivity contribution >= 4 is 5.96 Å². The van der Waals surface area contributed by atoms with Crippen LogP contribution in [0.4, 0.5) is 0 Å². The van der Waals surface area contributed by atoms with Crippen molar-refractivity contribution in [3.05, 3.63) is 18.0 Å². The molecule has 25 heavy (non-hydrogen) atoms. The van der Waals surface area contributed by atoms with Gasteiger partial charge in [0.15, 0.2) is 5.96 Å². The van der Waals surface area contributed by atoms with Gasteiger partial charge in [-0.3, -0.25) is 9.67 Å². The number of unbranched alkanes of at least 4 members (excludes halogenated alkanes) is 1. The smallest absolute Gasteiger partial charge is 0.194 e. The molecule has 1 aromatic rings. The number of guanidine groups is 1. The zero-order chi connectivity index (χ0) is 18.3. The largest absolute Gasteiger partial charge is 0.370 e. The quantitative estimate of drug-likeness (QED) is 0.487. The summed E-state index contributed by atoms with van der Waals surface area (Å²) in [5.74, 6) is 1.01. The molecule has 0 aliphatic carbocycles. The fourth-order valence-corrected chi connectivity index (χ4v) is 3.03. The molecule has 0 saturated carbocycles. The molecule has 1 aliphatic rings. The highest BCUT2D eigenvalue weighted by atomic mass is 16.5. The highest BCUT2D eigenvalue weighted by Crippen LogP contribution is 2.22. The Bertz CT molecular complexity index is 546. The maximum atomic E-state index is 5.94. The van der Waals surface area contributed by atoms with Gasteiger partial charge in [-0.2, -0.15) is 5.10 Å². The second-order valence-corrected chi connectivity index (χ2v) is 8.01. The number of nitrogens with zero attached hydrogens (tertiary/aromatic N) is 4. The van der Waals surface area contributed by atoms with Crippen molar-refractivity contribution < 1.29 is 4.74 Å². The van der Waals surface area contributed by atoms with Gasteiger partial charge in [0.1, 0.15) is 6.10 Å². The van der Waals surface area contributed by atoms with Crippen LogP contribution in [0.15, 0.2) is 17.4 Å². The number of rotatable bonds is 6. The summed E-state index contributed by atoms with van der Waals surface area (Å²) in [5.41, 5.74) is 1.54. The van der Waals surface area contributed by atoms with Gasteiger partial charge in [0.05, 0.1) is 19.3 Å². The zero-order valence-electron chi connectivity index (χ0n) is 16.6. The molecule has 1 fully saturated rings. The van der Waals surface area contributed by atoms with Gasteiger partial charge >= 0.3 is 0 Å². The fraction of sp³-hybridized carbons (Fsp3) is 0.789. The molecule has 2 rings (SSSR count). The number of aliphatic imine (C=N–C) groups is 1. The minimum absolute atomic E-state index is 0.0622. The van der Waals surface area contributed by atoms with E-state index in [-0.39, 0.29) is 6.10 Å². The Labute approximate surface area is 152 Å². The molecule has 0 bridgehead atoms. The lowest BCUT2D eigenvalue weighted by Gasteiger charge is -2.34. The van der Waals surface area contributed by atoms with E-state index in [4.69, 9.17) is 9.73 Å². The molecule has 0 amide bonds. The predicted octanol–water partition coefficient (Wildman–Crippen LogP) is 2.98. The summed E-state index contributed by atoms with van der Waals surface area (Å²) < 4.78 is 7.76.